The van der Waals surface area contributed by atoms with Crippen LogP contribution in [0.3, 0.4) is 0 Å². The molecule has 0 heterocycles. The van der Waals surface area contributed by atoms with E-state index in [1.54, 1.807) is 11.8 Å². The molecule has 0 spiro atoms. The summed E-state index contributed by atoms with van der Waals surface area (Å²) in [6, 6.07) is 0. The van der Waals surface area contributed by atoms with Crippen molar-refractivity contribution in [3.8, 4) is 0 Å². The van der Waals surface area contributed by atoms with Gasteiger partial charge in [0.2, 0.25) is 11.8 Å². The Morgan fingerprint density at radius 1 is 0.963 bits per heavy atom. The van der Waals surface area contributed by atoms with Gasteiger partial charge in [-0.1, -0.05) is 6.92 Å². The number of nitrogens with zero attached hydrogens (tertiary/aromatic N) is 1. The minimum absolute atomic E-state index is 0.0000986. The van der Waals surface area contributed by atoms with Crippen LogP contribution in [0.15, 0.2) is 0 Å². The second-order valence-corrected chi connectivity index (χ2v) is 8.77. The van der Waals surface area contributed by atoms with Crippen LogP contribution in [-0.4, -0.2) is 55.6 Å². The number of alkyl carbamates (subject to hydrolysis) is 1. The lowest BCUT2D eigenvalue weighted by Gasteiger charge is -2.56. The number of carbonyl (C=O) groups excluding carboxylic acids is 3. The predicted molar refractivity (Wildman–Crippen MR) is 101 cm³/mol. The average molecular weight is 380 g/mol. The van der Waals surface area contributed by atoms with Crippen LogP contribution in [-0.2, 0) is 14.3 Å². The molecule has 0 unspecified atom stereocenters. The first-order valence-corrected chi connectivity index (χ1v) is 10.4. The first-order chi connectivity index (χ1) is 12.9. The van der Waals surface area contributed by atoms with E-state index >= 15 is 0 Å². The van der Waals surface area contributed by atoms with Crippen molar-refractivity contribution in [2.24, 2.45) is 23.2 Å². The van der Waals surface area contributed by atoms with Crippen LogP contribution in [0.1, 0.15) is 52.4 Å². The zero-order chi connectivity index (χ0) is 19.4. The maximum Gasteiger partial charge on any atom is 0.413 e. The molecule has 0 atom stereocenters. The molecule has 4 saturated carbocycles. The molecule has 0 aromatic rings. The van der Waals surface area contributed by atoms with Crippen LogP contribution in [0.4, 0.5) is 4.79 Å². The minimum Gasteiger partial charge on any atom is -0.450 e. The fraction of sp³-hybridized carbons (Fsp3) is 0.850. The highest BCUT2D eigenvalue weighted by molar-refractivity contribution is 5.93. The molecule has 0 aromatic carbocycles. The first-order valence-electron chi connectivity index (χ1n) is 10.4. The number of hydrogen-bond acceptors (Lipinski definition) is 5. The third-order valence-corrected chi connectivity index (χ3v) is 6.52. The number of likely N-dealkylation sites (N-methyl/N-ethyl adjacent to an activating group) is 1. The molecule has 4 fully saturated rings. The summed E-state index contributed by atoms with van der Waals surface area (Å²) in [4.78, 5) is 37.3. The van der Waals surface area contributed by atoms with Crippen molar-refractivity contribution in [3.63, 3.8) is 0 Å². The van der Waals surface area contributed by atoms with Gasteiger partial charge in [-0.3, -0.25) is 19.8 Å². The highest BCUT2D eigenvalue weighted by Crippen LogP contribution is 2.59. The number of imide groups is 1. The third kappa shape index (κ3) is 5.21. The van der Waals surface area contributed by atoms with Gasteiger partial charge in [-0.15, -0.1) is 0 Å². The van der Waals surface area contributed by atoms with Crippen molar-refractivity contribution in [2.45, 2.75) is 52.4 Å². The fourth-order valence-corrected chi connectivity index (χ4v) is 5.85. The lowest BCUT2D eigenvalue weighted by atomic mass is 9.49. The summed E-state index contributed by atoms with van der Waals surface area (Å²) < 4.78 is 4.70. The van der Waals surface area contributed by atoms with E-state index < -0.39 is 12.0 Å². The Morgan fingerprint density at radius 2 is 1.52 bits per heavy atom. The average Bonchev–Trinajstić information content (AvgIpc) is 2.58. The Balaban J connectivity index is 1.42. The minimum atomic E-state index is -0.746. The van der Waals surface area contributed by atoms with E-state index in [1.807, 2.05) is 6.92 Å². The summed E-state index contributed by atoms with van der Waals surface area (Å²) in [7, 11) is 0. The van der Waals surface area contributed by atoms with Crippen molar-refractivity contribution >= 4 is 17.9 Å². The molecule has 0 aliphatic heterocycles. The van der Waals surface area contributed by atoms with Crippen molar-refractivity contribution in [1.29, 1.82) is 0 Å². The Bertz CT molecular complexity index is 542. The molecule has 3 amide bonds. The van der Waals surface area contributed by atoms with Gasteiger partial charge in [0.15, 0.2) is 0 Å². The molecule has 4 bridgehead atoms. The number of carbonyl (C=O) groups is 3. The Morgan fingerprint density at radius 3 is 2.04 bits per heavy atom. The molecular weight excluding hydrogens is 346 g/mol. The Labute approximate surface area is 161 Å². The predicted octanol–water partition coefficient (Wildman–Crippen LogP) is 1.91. The molecule has 0 aromatic heterocycles. The van der Waals surface area contributed by atoms with E-state index in [4.69, 9.17) is 4.74 Å². The van der Waals surface area contributed by atoms with E-state index in [0.29, 0.717) is 12.0 Å². The summed E-state index contributed by atoms with van der Waals surface area (Å²) in [6.45, 7) is 5.27. The monoisotopic (exact) mass is 379 g/mol. The topological polar surface area (TPSA) is 87.7 Å². The van der Waals surface area contributed by atoms with E-state index in [2.05, 4.69) is 10.6 Å². The zero-order valence-electron chi connectivity index (χ0n) is 16.6. The van der Waals surface area contributed by atoms with Gasteiger partial charge in [0.05, 0.1) is 19.7 Å². The molecule has 2 N–H and O–H groups in total. The Kier molecular flexibility index (Phi) is 6.40. The van der Waals surface area contributed by atoms with Gasteiger partial charge in [-0.05, 0) is 75.2 Å². The van der Waals surface area contributed by atoms with Gasteiger partial charge < -0.3 is 10.1 Å². The van der Waals surface area contributed by atoms with Crippen LogP contribution in [0, 0.1) is 23.2 Å². The SMILES string of the molecule is CCOC(=O)NC(=O)CN(CC)CC(=O)NCC12CC3CC(CC(C3)C1)C2. The molecule has 27 heavy (non-hydrogen) atoms. The highest BCUT2D eigenvalue weighted by atomic mass is 16.5. The van der Waals surface area contributed by atoms with Gasteiger partial charge >= 0.3 is 6.09 Å². The van der Waals surface area contributed by atoms with Crippen molar-refractivity contribution in [2.75, 3.05) is 32.8 Å². The number of hydrogen-bond donors (Lipinski definition) is 2. The van der Waals surface area contributed by atoms with Gasteiger partial charge in [-0.25, -0.2) is 4.79 Å². The van der Waals surface area contributed by atoms with Gasteiger partial charge in [-0.2, -0.15) is 0 Å². The summed E-state index contributed by atoms with van der Waals surface area (Å²) in [5.41, 5.74) is 0.308. The number of nitrogens with one attached hydrogen (secondary N) is 2. The quantitative estimate of drug-likeness (QED) is 0.673. The fourth-order valence-electron chi connectivity index (χ4n) is 5.85. The van der Waals surface area contributed by atoms with E-state index in [9.17, 15) is 14.4 Å². The van der Waals surface area contributed by atoms with Crippen LogP contribution in [0.2, 0.25) is 0 Å². The van der Waals surface area contributed by atoms with Crippen LogP contribution in [0.25, 0.3) is 0 Å². The second-order valence-electron chi connectivity index (χ2n) is 8.77. The van der Waals surface area contributed by atoms with Crippen molar-refractivity contribution in [1.82, 2.24) is 15.5 Å². The van der Waals surface area contributed by atoms with Crippen LogP contribution < -0.4 is 10.6 Å². The van der Waals surface area contributed by atoms with Crippen molar-refractivity contribution in [3.05, 3.63) is 0 Å². The van der Waals surface area contributed by atoms with Gasteiger partial charge in [0.25, 0.3) is 0 Å². The smallest absolute Gasteiger partial charge is 0.413 e. The maximum atomic E-state index is 12.4. The molecule has 4 aliphatic rings. The molecular formula is C20H33N3O4. The zero-order valence-corrected chi connectivity index (χ0v) is 16.6. The molecule has 152 valence electrons. The normalized spacial score (nSPS) is 31.0. The molecule has 4 rings (SSSR count). The molecule has 4 aliphatic carbocycles. The Hall–Kier alpha value is -1.63. The maximum absolute atomic E-state index is 12.4. The van der Waals surface area contributed by atoms with Gasteiger partial charge in [0.1, 0.15) is 0 Å². The number of rotatable bonds is 8. The van der Waals surface area contributed by atoms with Crippen LogP contribution in [0.5, 0.6) is 0 Å². The molecule has 0 saturated heterocycles. The largest absolute Gasteiger partial charge is 0.450 e. The molecule has 7 nitrogen and oxygen atoms in total. The van der Waals surface area contributed by atoms with E-state index in [-0.39, 0.29) is 25.6 Å². The van der Waals surface area contributed by atoms with E-state index in [1.165, 1.54) is 38.5 Å². The number of ether oxygens (including phenoxy) is 1. The summed E-state index contributed by atoms with van der Waals surface area (Å²) >= 11 is 0. The summed E-state index contributed by atoms with van der Waals surface area (Å²) in [6.07, 6.45) is 7.23. The third-order valence-electron chi connectivity index (χ3n) is 6.52. The summed E-state index contributed by atoms with van der Waals surface area (Å²) in [5.74, 6) is 2.10. The lowest BCUT2D eigenvalue weighted by Crippen LogP contribution is -2.52. The molecule has 7 heteroatoms. The number of amides is 3. The second kappa shape index (κ2) is 8.59. The lowest BCUT2D eigenvalue weighted by molar-refractivity contribution is -0.126. The van der Waals surface area contributed by atoms with Crippen LogP contribution >= 0.6 is 0 Å². The standard InChI is InChI=1S/C20H33N3O4/c1-3-23(12-18(25)22-19(26)27-4-2)11-17(24)21-13-20-8-14-5-15(9-20)7-16(6-14)10-20/h14-16H,3-13H2,1-2H3,(H,21,24)(H,22,25,26). The van der Waals surface area contributed by atoms with Crippen molar-refractivity contribution < 1.29 is 19.1 Å². The summed E-state index contributed by atoms with van der Waals surface area (Å²) in [5, 5.41) is 5.30. The first kappa shape index (κ1) is 20.1. The highest BCUT2D eigenvalue weighted by Gasteiger charge is 2.50. The van der Waals surface area contributed by atoms with Gasteiger partial charge in [0, 0.05) is 6.54 Å². The molecule has 0 radical (unpaired) electrons. The van der Waals surface area contributed by atoms with E-state index in [0.717, 1.165) is 24.3 Å².